The van der Waals surface area contributed by atoms with Gasteiger partial charge in [-0.3, -0.25) is 4.79 Å². The minimum Gasteiger partial charge on any atom is -0.411 e. The third-order valence-corrected chi connectivity index (χ3v) is 5.13. The van der Waals surface area contributed by atoms with Gasteiger partial charge in [0, 0.05) is 27.8 Å². The molecule has 2 heterocycles. The third kappa shape index (κ3) is 3.84. The summed E-state index contributed by atoms with van der Waals surface area (Å²) in [5.74, 6) is 0.242. The lowest BCUT2D eigenvalue weighted by Gasteiger charge is -2.09. The van der Waals surface area contributed by atoms with Gasteiger partial charge in [0.15, 0.2) is 0 Å². The van der Waals surface area contributed by atoms with Crippen molar-refractivity contribution in [1.29, 1.82) is 0 Å². The lowest BCUT2D eigenvalue weighted by Crippen LogP contribution is -2.22. The maximum Gasteiger partial charge on any atom is 0.277 e. The Bertz CT molecular complexity index is 1110. The molecular weight excluding hydrogens is 384 g/mol. The zero-order valence-electron chi connectivity index (χ0n) is 14.3. The van der Waals surface area contributed by atoms with Crippen LogP contribution in [0.1, 0.15) is 6.92 Å². The summed E-state index contributed by atoms with van der Waals surface area (Å²) in [6.45, 7) is 1.78. The Morgan fingerprint density at radius 2 is 2.07 bits per heavy atom. The average molecular weight is 399 g/mol. The van der Waals surface area contributed by atoms with Gasteiger partial charge in [0.25, 0.3) is 11.1 Å². The second-order valence-electron chi connectivity index (χ2n) is 5.88. The highest BCUT2D eigenvalue weighted by Gasteiger charge is 2.20. The first-order valence-electron chi connectivity index (χ1n) is 8.23. The number of H-pyrrole nitrogens is 1. The van der Waals surface area contributed by atoms with Crippen LogP contribution in [-0.4, -0.2) is 26.3 Å². The van der Waals surface area contributed by atoms with Crippen LogP contribution >= 0.6 is 23.4 Å². The topological polar surface area (TPSA) is 83.8 Å². The van der Waals surface area contributed by atoms with Crippen LogP contribution in [0.4, 0.5) is 5.69 Å². The van der Waals surface area contributed by atoms with Crippen molar-refractivity contribution in [2.45, 2.75) is 17.4 Å². The zero-order chi connectivity index (χ0) is 18.8. The number of fused-ring (bicyclic) bond motifs is 1. The van der Waals surface area contributed by atoms with Crippen molar-refractivity contribution < 1.29 is 9.21 Å². The van der Waals surface area contributed by atoms with Gasteiger partial charge in [-0.1, -0.05) is 47.6 Å². The fourth-order valence-corrected chi connectivity index (χ4v) is 3.50. The first-order valence-corrected chi connectivity index (χ1v) is 9.49. The minimum atomic E-state index is -0.416. The molecule has 4 rings (SSSR count). The summed E-state index contributed by atoms with van der Waals surface area (Å²) in [5, 5.41) is 12.5. The van der Waals surface area contributed by atoms with Crippen molar-refractivity contribution in [3.8, 4) is 11.5 Å². The third-order valence-electron chi connectivity index (χ3n) is 3.97. The molecule has 2 aromatic heterocycles. The van der Waals surface area contributed by atoms with Crippen LogP contribution in [0.2, 0.25) is 5.02 Å². The standard InChI is InChI=1S/C19H15ClN4O2S/c1-11(17(25)22-13-6-4-5-12(20)9-13)27-19-24-23-18(26-19)15-10-21-16-8-3-2-7-14(15)16/h2-11,21H,1H3,(H,22,25). The maximum absolute atomic E-state index is 12.4. The van der Waals surface area contributed by atoms with Crippen molar-refractivity contribution in [2.24, 2.45) is 0 Å². The summed E-state index contributed by atoms with van der Waals surface area (Å²) in [6.07, 6.45) is 1.84. The molecule has 0 saturated heterocycles. The molecule has 4 aromatic rings. The Labute approximate surface area is 164 Å². The highest BCUT2D eigenvalue weighted by atomic mass is 35.5. The largest absolute Gasteiger partial charge is 0.411 e. The molecule has 0 aliphatic carbocycles. The van der Waals surface area contributed by atoms with E-state index in [4.69, 9.17) is 16.0 Å². The van der Waals surface area contributed by atoms with E-state index in [0.717, 1.165) is 16.5 Å². The number of carbonyl (C=O) groups is 1. The predicted molar refractivity (Wildman–Crippen MR) is 107 cm³/mol. The van der Waals surface area contributed by atoms with Gasteiger partial charge >= 0.3 is 0 Å². The number of carbonyl (C=O) groups excluding carboxylic acids is 1. The summed E-state index contributed by atoms with van der Waals surface area (Å²) in [4.78, 5) is 15.5. The van der Waals surface area contributed by atoms with Crippen LogP contribution in [0.3, 0.4) is 0 Å². The van der Waals surface area contributed by atoms with Crippen molar-refractivity contribution in [3.63, 3.8) is 0 Å². The highest BCUT2D eigenvalue weighted by Crippen LogP contribution is 2.31. The molecule has 0 spiro atoms. The van der Waals surface area contributed by atoms with Crippen molar-refractivity contribution in [3.05, 3.63) is 59.8 Å². The number of aromatic nitrogens is 3. The van der Waals surface area contributed by atoms with Gasteiger partial charge < -0.3 is 14.7 Å². The molecule has 8 heteroatoms. The van der Waals surface area contributed by atoms with E-state index in [1.165, 1.54) is 11.8 Å². The monoisotopic (exact) mass is 398 g/mol. The molecule has 136 valence electrons. The molecule has 1 atom stereocenters. The van der Waals surface area contributed by atoms with E-state index in [0.29, 0.717) is 21.8 Å². The van der Waals surface area contributed by atoms with Crippen LogP contribution in [-0.2, 0) is 4.79 Å². The molecule has 2 aromatic carbocycles. The van der Waals surface area contributed by atoms with Crippen molar-refractivity contribution in [2.75, 3.05) is 5.32 Å². The van der Waals surface area contributed by atoms with Gasteiger partial charge in [0.2, 0.25) is 5.91 Å². The predicted octanol–water partition coefficient (Wildman–Crippen LogP) is 4.99. The summed E-state index contributed by atoms with van der Waals surface area (Å²) in [7, 11) is 0. The Hall–Kier alpha value is -2.77. The number of nitrogens with one attached hydrogen (secondary N) is 2. The van der Waals surface area contributed by atoms with Gasteiger partial charge in [-0.25, -0.2) is 0 Å². The minimum absolute atomic E-state index is 0.172. The van der Waals surface area contributed by atoms with E-state index < -0.39 is 5.25 Å². The first kappa shape index (κ1) is 17.6. The second kappa shape index (κ2) is 7.46. The van der Waals surface area contributed by atoms with E-state index in [1.807, 2.05) is 30.5 Å². The Balaban J connectivity index is 1.46. The summed E-state index contributed by atoms with van der Waals surface area (Å²) >= 11 is 7.14. The smallest absolute Gasteiger partial charge is 0.277 e. The van der Waals surface area contributed by atoms with Crippen molar-refractivity contribution >= 4 is 45.9 Å². The molecule has 0 saturated carbocycles. The molecule has 2 N–H and O–H groups in total. The first-order chi connectivity index (χ1) is 13.1. The lowest BCUT2D eigenvalue weighted by atomic mass is 10.2. The number of anilines is 1. The molecular formula is C19H15ClN4O2S. The molecule has 0 aliphatic rings. The Kier molecular flexibility index (Phi) is 4.87. The maximum atomic E-state index is 12.4. The number of rotatable bonds is 5. The van der Waals surface area contributed by atoms with E-state index in [2.05, 4.69) is 20.5 Å². The van der Waals surface area contributed by atoms with Gasteiger partial charge in [0.1, 0.15) is 0 Å². The fraction of sp³-hybridized carbons (Fsp3) is 0.105. The van der Waals surface area contributed by atoms with Gasteiger partial charge in [0.05, 0.1) is 10.8 Å². The number of benzene rings is 2. The number of thioether (sulfide) groups is 1. The van der Waals surface area contributed by atoms with Gasteiger partial charge in [-0.2, -0.15) is 0 Å². The number of hydrogen-bond acceptors (Lipinski definition) is 5. The summed E-state index contributed by atoms with van der Waals surface area (Å²) < 4.78 is 5.75. The summed E-state index contributed by atoms with van der Waals surface area (Å²) in [6, 6.07) is 14.9. The number of para-hydroxylation sites is 1. The van der Waals surface area contributed by atoms with Gasteiger partial charge in [-0.05, 0) is 31.2 Å². The molecule has 1 unspecified atom stereocenters. The molecule has 27 heavy (non-hydrogen) atoms. The van der Waals surface area contributed by atoms with E-state index in [9.17, 15) is 4.79 Å². The quantitative estimate of drug-likeness (QED) is 0.462. The normalized spacial score (nSPS) is 12.2. The number of halogens is 1. The van der Waals surface area contributed by atoms with Crippen LogP contribution in [0.15, 0.2) is 64.4 Å². The zero-order valence-corrected chi connectivity index (χ0v) is 15.8. The molecule has 1 amide bonds. The second-order valence-corrected chi connectivity index (χ2v) is 7.61. The molecule has 6 nitrogen and oxygen atoms in total. The Morgan fingerprint density at radius 3 is 2.93 bits per heavy atom. The van der Waals surface area contributed by atoms with Crippen LogP contribution in [0.25, 0.3) is 22.4 Å². The number of aromatic amines is 1. The highest BCUT2D eigenvalue weighted by molar-refractivity contribution is 8.00. The average Bonchev–Trinajstić information content (AvgIpc) is 3.28. The SMILES string of the molecule is CC(Sc1nnc(-c2c[nH]c3ccccc23)o1)C(=O)Nc1cccc(Cl)c1. The van der Waals surface area contributed by atoms with Crippen molar-refractivity contribution in [1.82, 2.24) is 15.2 Å². The number of hydrogen-bond donors (Lipinski definition) is 2. The van der Waals surface area contributed by atoms with Gasteiger partial charge in [-0.15, -0.1) is 10.2 Å². The number of amides is 1. The molecule has 0 fully saturated rings. The van der Waals surface area contributed by atoms with E-state index >= 15 is 0 Å². The fourth-order valence-electron chi connectivity index (χ4n) is 2.63. The summed E-state index contributed by atoms with van der Waals surface area (Å²) in [5.41, 5.74) is 2.47. The van der Waals surface area contributed by atoms with Crippen LogP contribution in [0, 0.1) is 0 Å². The van der Waals surface area contributed by atoms with Crippen LogP contribution in [0.5, 0.6) is 0 Å². The molecule has 0 radical (unpaired) electrons. The Morgan fingerprint density at radius 1 is 1.22 bits per heavy atom. The molecule has 0 aliphatic heterocycles. The lowest BCUT2D eigenvalue weighted by molar-refractivity contribution is -0.115. The van der Waals surface area contributed by atoms with Crippen LogP contribution < -0.4 is 5.32 Å². The number of nitrogens with zero attached hydrogens (tertiary/aromatic N) is 2. The molecule has 0 bridgehead atoms. The van der Waals surface area contributed by atoms with E-state index in [-0.39, 0.29) is 5.91 Å². The van der Waals surface area contributed by atoms with E-state index in [1.54, 1.807) is 31.2 Å².